The number of amides is 1. The van der Waals surface area contributed by atoms with E-state index in [4.69, 9.17) is 5.73 Å². The Morgan fingerprint density at radius 2 is 2.07 bits per heavy atom. The number of hydrogen-bond donors (Lipinski definition) is 2. The first kappa shape index (κ1) is 12.5. The van der Waals surface area contributed by atoms with Crippen LogP contribution in [0.2, 0.25) is 0 Å². The van der Waals surface area contributed by atoms with Crippen LogP contribution in [0.15, 0.2) is 0 Å². The van der Waals surface area contributed by atoms with Gasteiger partial charge in [-0.3, -0.25) is 4.79 Å². The fourth-order valence-corrected chi connectivity index (χ4v) is 2.19. The number of nitrogens with one attached hydrogen (secondary N) is 1. The van der Waals surface area contributed by atoms with Crippen LogP contribution in [0.3, 0.4) is 0 Å². The van der Waals surface area contributed by atoms with Crippen LogP contribution in [0, 0.1) is 11.8 Å². The topological polar surface area (TPSA) is 55.1 Å². The first-order valence-electron chi connectivity index (χ1n) is 6.21. The summed E-state index contributed by atoms with van der Waals surface area (Å²) >= 11 is 0. The van der Waals surface area contributed by atoms with E-state index in [-0.39, 0.29) is 11.8 Å². The molecule has 0 bridgehead atoms. The molecule has 0 radical (unpaired) electrons. The second-order valence-electron chi connectivity index (χ2n) is 4.73. The Bertz CT molecular complexity index is 188. The van der Waals surface area contributed by atoms with Gasteiger partial charge in [0, 0.05) is 12.5 Å². The van der Waals surface area contributed by atoms with Crippen molar-refractivity contribution in [3.05, 3.63) is 0 Å². The van der Waals surface area contributed by atoms with Crippen molar-refractivity contribution in [3.63, 3.8) is 0 Å². The fraction of sp³-hybridized carbons (Fsp3) is 0.917. The molecule has 0 saturated heterocycles. The van der Waals surface area contributed by atoms with Gasteiger partial charge in [0.15, 0.2) is 0 Å². The molecule has 3 heteroatoms. The molecule has 3 N–H and O–H groups in total. The van der Waals surface area contributed by atoms with Gasteiger partial charge in [-0.1, -0.05) is 26.2 Å². The maximum atomic E-state index is 11.6. The van der Waals surface area contributed by atoms with Gasteiger partial charge < -0.3 is 11.1 Å². The van der Waals surface area contributed by atoms with E-state index in [2.05, 4.69) is 5.32 Å². The molecule has 1 rings (SSSR count). The second kappa shape index (κ2) is 6.83. The number of carbonyl (C=O) groups excluding carboxylic acids is 1. The van der Waals surface area contributed by atoms with Crippen molar-refractivity contribution in [2.24, 2.45) is 17.6 Å². The molecule has 1 fully saturated rings. The van der Waals surface area contributed by atoms with Gasteiger partial charge in [-0.25, -0.2) is 0 Å². The Hall–Kier alpha value is -0.570. The van der Waals surface area contributed by atoms with Crippen molar-refractivity contribution in [1.82, 2.24) is 5.32 Å². The average molecular weight is 212 g/mol. The van der Waals surface area contributed by atoms with Crippen molar-refractivity contribution >= 4 is 5.91 Å². The minimum Gasteiger partial charge on any atom is -0.356 e. The van der Waals surface area contributed by atoms with Gasteiger partial charge >= 0.3 is 0 Å². The maximum Gasteiger partial charge on any atom is 0.222 e. The summed E-state index contributed by atoms with van der Waals surface area (Å²) in [7, 11) is 0. The van der Waals surface area contributed by atoms with Gasteiger partial charge in [0.05, 0.1) is 0 Å². The highest BCUT2D eigenvalue weighted by Gasteiger charge is 2.16. The lowest BCUT2D eigenvalue weighted by Crippen LogP contribution is -2.34. The normalized spacial score (nSPS) is 19.9. The van der Waals surface area contributed by atoms with Crippen molar-refractivity contribution in [2.75, 3.05) is 13.1 Å². The molecule has 0 aromatic rings. The SMILES string of the molecule is CC(CCN)C(=O)NCC1CCCCC1. The molecule has 88 valence electrons. The summed E-state index contributed by atoms with van der Waals surface area (Å²) in [4.78, 5) is 11.6. The summed E-state index contributed by atoms with van der Waals surface area (Å²) < 4.78 is 0. The third kappa shape index (κ3) is 4.65. The van der Waals surface area contributed by atoms with Crippen LogP contribution in [0.25, 0.3) is 0 Å². The lowest BCUT2D eigenvalue weighted by Gasteiger charge is -2.22. The van der Waals surface area contributed by atoms with Gasteiger partial charge in [0.2, 0.25) is 5.91 Å². The molecule has 1 atom stereocenters. The first-order chi connectivity index (χ1) is 7.24. The summed E-state index contributed by atoms with van der Waals surface area (Å²) in [6, 6.07) is 0. The largest absolute Gasteiger partial charge is 0.356 e. The maximum absolute atomic E-state index is 11.6. The fourth-order valence-electron chi connectivity index (χ4n) is 2.19. The van der Waals surface area contributed by atoms with E-state index in [0.29, 0.717) is 12.5 Å². The molecule has 1 saturated carbocycles. The van der Waals surface area contributed by atoms with E-state index >= 15 is 0 Å². The third-order valence-corrected chi connectivity index (χ3v) is 3.34. The highest BCUT2D eigenvalue weighted by atomic mass is 16.1. The van der Waals surface area contributed by atoms with E-state index in [1.807, 2.05) is 6.92 Å². The lowest BCUT2D eigenvalue weighted by molar-refractivity contribution is -0.124. The molecule has 0 aromatic carbocycles. The molecule has 1 aliphatic carbocycles. The highest BCUT2D eigenvalue weighted by Crippen LogP contribution is 2.22. The molecule has 3 nitrogen and oxygen atoms in total. The van der Waals surface area contributed by atoms with E-state index in [1.54, 1.807) is 0 Å². The van der Waals surface area contributed by atoms with Crippen LogP contribution >= 0.6 is 0 Å². The van der Waals surface area contributed by atoms with Crippen molar-refractivity contribution < 1.29 is 4.79 Å². The van der Waals surface area contributed by atoms with Gasteiger partial charge in [0.1, 0.15) is 0 Å². The molecule has 0 heterocycles. The average Bonchev–Trinajstić information content (AvgIpc) is 2.27. The van der Waals surface area contributed by atoms with Crippen LogP contribution in [0.5, 0.6) is 0 Å². The molecular weight excluding hydrogens is 188 g/mol. The van der Waals surface area contributed by atoms with E-state index in [9.17, 15) is 4.79 Å². The lowest BCUT2D eigenvalue weighted by atomic mass is 9.89. The van der Waals surface area contributed by atoms with E-state index in [0.717, 1.165) is 13.0 Å². The second-order valence-corrected chi connectivity index (χ2v) is 4.73. The van der Waals surface area contributed by atoms with Crippen molar-refractivity contribution in [1.29, 1.82) is 0 Å². The van der Waals surface area contributed by atoms with Crippen LogP contribution in [-0.4, -0.2) is 19.0 Å². The smallest absolute Gasteiger partial charge is 0.222 e. The molecular formula is C12H24N2O. The highest BCUT2D eigenvalue weighted by molar-refractivity contribution is 5.78. The van der Waals surface area contributed by atoms with Crippen LogP contribution in [-0.2, 0) is 4.79 Å². The molecule has 15 heavy (non-hydrogen) atoms. The molecule has 0 spiro atoms. The predicted molar refractivity (Wildman–Crippen MR) is 62.4 cm³/mol. The summed E-state index contributed by atoms with van der Waals surface area (Å²) in [6.45, 7) is 3.41. The number of nitrogens with two attached hydrogens (primary N) is 1. The monoisotopic (exact) mass is 212 g/mol. The summed E-state index contributed by atoms with van der Waals surface area (Å²) in [5.41, 5.74) is 5.43. The Kier molecular flexibility index (Phi) is 5.69. The van der Waals surface area contributed by atoms with Crippen LogP contribution in [0.1, 0.15) is 45.4 Å². The molecule has 1 aliphatic rings. The molecule has 1 amide bonds. The van der Waals surface area contributed by atoms with Crippen molar-refractivity contribution in [3.8, 4) is 0 Å². The summed E-state index contributed by atoms with van der Waals surface area (Å²) in [5, 5.41) is 3.04. The van der Waals surface area contributed by atoms with Gasteiger partial charge in [-0.2, -0.15) is 0 Å². The first-order valence-corrected chi connectivity index (χ1v) is 6.21. The zero-order valence-electron chi connectivity index (χ0n) is 9.80. The Morgan fingerprint density at radius 1 is 1.40 bits per heavy atom. The Morgan fingerprint density at radius 3 is 2.67 bits per heavy atom. The van der Waals surface area contributed by atoms with Crippen molar-refractivity contribution in [2.45, 2.75) is 45.4 Å². The number of carbonyl (C=O) groups is 1. The summed E-state index contributed by atoms with van der Waals surface area (Å²) in [6.07, 6.45) is 7.39. The van der Waals surface area contributed by atoms with Gasteiger partial charge in [-0.15, -0.1) is 0 Å². The summed E-state index contributed by atoms with van der Waals surface area (Å²) in [5.74, 6) is 0.956. The minimum absolute atomic E-state index is 0.0681. The van der Waals surface area contributed by atoms with E-state index < -0.39 is 0 Å². The number of rotatable bonds is 5. The van der Waals surface area contributed by atoms with E-state index in [1.165, 1.54) is 32.1 Å². The Labute approximate surface area is 92.8 Å². The minimum atomic E-state index is 0.0681. The van der Waals surface area contributed by atoms with Gasteiger partial charge in [-0.05, 0) is 31.7 Å². The zero-order chi connectivity index (χ0) is 11.1. The van der Waals surface area contributed by atoms with Crippen LogP contribution < -0.4 is 11.1 Å². The zero-order valence-corrected chi connectivity index (χ0v) is 9.80. The molecule has 1 unspecified atom stereocenters. The molecule has 0 aromatic heterocycles. The quantitative estimate of drug-likeness (QED) is 0.728. The Balaban J connectivity index is 2.14. The standard InChI is InChI=1S/C12H24N2O/c1-10(7-8-13)12(15)14-9-11-5-3-2-4-6-11/h10-11H,2-9,13H2,1H3,(H,14,15). The number of hydrogen-bond acceptors (Lipinski definition) is 2. The van der Waals surface area contributed by atoms with Crippen LogP contribution in [0.4, 0.5) is 0 Å². The molecule has 0 aliphatic heterocycles. The third-order valence-electron chi connectivity index (χ3n) is 3.34. The predicted octanol–water partition coefficient (Wildman–Crippen LogP) is 1.67. The van der Waals surface area contributed by atoms with Gasteiger partial charge in [0.25, 0.3) is 0 Å².